The fourth-order valence-electron chi connectivity index (χ4n) is 4.69. The van der Waals surface area contributed by atoms with E-state index in [0.29, 0.717) is 39.2 Å². The number of hydrogen-bond acceptors (Lipinski definition) is 5. The van der Waals surface area contributed by atoms with Crippen LogP contribution >= 0.6 is 23.4 Å². The minimum atomic E-state index is -0.108. The number of aromatic nitrogens is 2. The maximum absolute atomic E-state index is 13.3. The Bertz CT molecular complexity index is 1230. The number of carbonyl (C=O) groups excluding carboxylic acids is 1. The van der Waals surface area contributed by atoms with Gasteiger partial charge in [-0.2, -0.15) is 0 Å². The summed E-state index contributed by atoms with van der Waals surface area (Å²) in [5.41, 5.74) is 1.27. The van der Waals surface area contributed by atoms with Gasteiger partial charge in [-0.1, -0.05) is 48.0 Å². The summed E-state index contributed by atoms with van der Waals surface area (Å²) < 4.78 is 1.63. The molecule has 4 rings (SSSR count). The molecule has 1 saturated heterocycles. The molecule has 0 aliphatic carbocycles. The van der Waals surface area contributed by atoms with Crippen LogP contribution in [0.4, 0.5) is 0 Å². The Morgan fingerprint density at radius 1 is 1.14 bits per heavy atom. The molecule has 2 aromatic carbocycles. The smallest absolute Gasteiger partial charge is 0.266 e. The summed E-state index contributed by atoms with van der Waals surface area (Å²) in [4.78, 5) is 32.9. The standard InChI is InChI=1S/C28H35ClN4O2S/c1-21-10-4-6-17-32(21)18-9-16-30-26(34)15-5-7-19-36-28-31-25-14-3-2-13-24(25)27(35)33(28)23-12-8-11-22(29)20-23/h2-3,8,11-14,20-21H,4-7,9-10,15-19H2,1H3,(H,30,34). The molecule has 1 N–H and O–H groups in total. The van der Waals surface area contributed by atoms with Crippen LogP contribution in [0.2, 0.25) is 5.02 Å². The average molecular weight is 527 g/mol. The molecule has 1 aromatic heterocycles. The van der Waals surface area contributed by atoms with E-state index in [1.165, 1.54) is 37.6 Å². The molecule has 1 amide bonds. The van der Waals surface area contributed by atoms with Crippen LogP contribution < -0.4 is 10.9 Å². The van der Waals surface area contributed by atoms with Crippen LogP contribution in [-0.2, 0) is 4.79 Å². The number of piperidine rings is 1. The van der Waals surface area contributed by atoms with Gasteiger partial charge < -0.3 is 10.2 Å². The first-order valence-electron chi connectivity index (χ1n) is 12.9. The lowest BCUT2D eigenvalue weighted by molar-refractivity contribution is -0.121. The number of likely N-dealkylation sites (tertiary alicyclic amines) is 1. The van der Waals surface area contributed by atoms with E-state index in [9.17, 15) is 9.59 Å². The zero-order chi connectivity index (χ0) is 25.3. The number of thioether (sulfide) groups is 1. The maximum atomic E-state index is 13.3. The number of hydrogen-bond donors (Lipinski definition) is 1. The Hall–Kier alpha value is -2.35. The van der Waals surface area contributed by atoms with Crippen molar-refractivity contribution in [2.75, 3.05) is 25.4 Å². The van der Waals surface area contributed by atoms with Gasteiger partial charge in [0.05, 0.1) is 16.6 Å². The van der Waals surface area contributed by atoms with Crippen LogP contribution in [0.5, 0.6) is 0 Å². The summed E-state index contributed by atoms with van der Waals surface area (Å²) >= 11 is 7.74. The zero-order valence-electron chi connectivity index (χ0n) is 20.9. The molecule has 2 heterocycles. The van der Waals surface area contributed by atoms with E-state index >= 15 is 0 Å². The molecular formula is C28H35ClN4O2S. The van der Waals surface area contributed by atoms with Crippen LogP contribution in [0.25, 0.3) is 16.6 Å². The minimum Gasteiger partial charge on any atom is -0.356 e. The summed E-state index contributed by atoms with van der Waals surface area (Å²) in [6.07, 6.45) is 7.10. The first-order chi connectivity index (χ1) is 17.5. The third-order valence-electron chi connectivity index (χ3n) is 6.73. The van der Waals surface area contributed by atoms with E-state index in [1.54, 1.807) is 22.8 Å². The molecule has 36 heavy (non-hydrogen) atoms. The van der Waals surface area contributed by atoms with Crippen molar-refractivity contribution in [3.05, 3.63) is 63.9 Å². The summed E-state index contributed by atoms with van der Waals surface area (Å²) in [5, 5.41) is 4.85. The van der Waals surface area contributed by atoms with Gasteiger partial charge in [0.1, 0.15) is 0 Å². The van der Waals surface area contributed by atoms with Crippen molar-refractivity contribution in [3.8, 4) is 5.69 Å². The van der Waals surface area contributed by atoms with Gasteiger partial charge >= 0.3 is 0 Å². The van der Waals surface area contributed by atoms with Gasteiger partial charge in [0.2, 0.25) is 5.91 Å². The quantitative estimate of drug-likeness (QED) is 0.198. The number of benzene rings is 2. The van der Waals surface area contributed by atoms with Crippen LogP contribution in [-0.4, -0.2) is 51.8 Å². The van der Waals surface area contributed by atoms with Crippen LogP contribution in [0, 0.1) is 0 Å². The highest BCUT2D eigenvalue weighted by Crippen LogP contribution is 2.24. The lowest BCUT2D eigenvalue weighted by atomic mass is 10.0. The molecule has 3 aromatic rings. The number of rotatable bonds is 11. The van der Waals surface area contributed by atoms with Crippen molar-refractivity contribution in [1.29, 1.82) is 0 Å². The molecule has 1 fully saturated rings. The fraction of sp³-hybridized carbons (Fsp3) is 0.464. The number of fused-ring (bicyclic) bond motifs is 1. The van der Waals surface area contributed by atoms with Crippen molar-refractivity contribution >= 4 is 40.2 Å². The molecule has 0 radical (unpaired) electrons. The molecule has 0 spiro atoms. The van der Waals surface area contributed by atoms with Crippen LogP contribution in [0.1, 0.15) is 51.9 Å². The fourth-order valence-corrected chi connectivity index (χ4v) is 5.89. The largest absolute Gasteiger partial charge is 0.356 e. The molecule has 1 aliphatic heterocycles. The number of halogens is 1. The summed E-state index contributed by atoms with van der Waals surface area (Å²) in [5.74, 6) is 0.886. The Labute approximate surface area is 222 Å². The second-order valence-electron chi connectivity index (χ2n) is 9.42. The van der Waals surface area contributed by atoms with Gasteiger partial charge in [-0.15, -0.1) is 0 Å². The van der Waals surface area contributed by atoms with Crippen LogP contribution in [0.15, 0.2) is 58.5 Å². The van der Waals surface area contributed by atoms with E-state index in [4.69, 9.17) is 16.6 Å². The number of para-hydroxylation sites is 1. The molecule has 192 valence electrons. The Kier molecular flexibility index (Phi) is 9.84. The molecule has 6 nitrogen and oxygen atoms in total. The third kappa shape index (κ3) is 7.11. The molecule has 1 unspecified atom stereocenters. The van der Waals surface area contributed by atoms with Gasteiger partial charge in [0.25, 0.3) is 5.56 Å². The summed E-state index contributed by atoms with van der Waals surface area (Å²) in [6.45, 7) is 5.29. The zero-order valence-corrected chi connectivity index (χ0v) is 22.5. The monoisotopic (exact) mass is 526 g/mol. The van der Waals surface area contributed by atoms with Gasteiger partial charge in [0, 0.05) is 36.3 Å². The number of amides is 1. The minimum absolute atomic E-state index is 0.108. The first-order valence-corrected chi connectivity index (χ1v) is 14.3. The van der Waals surface area contributed by atoms with E-state index in [-0.39, 0.29) is 11.5 Å². The Morgan fingerprint density at radius 3 is 2.83 bits per heavy atom. The van der Waals surface area contributed by atoms with Crippen molar-refractivity contribution < 1.29 is 4.79 Å². The normalized spacial score (nSPS) is 16.3. The Balaban J connectivity index is 1.26. The highest BCUT2D eigenvalue weighted by molar-refractivity contribution is 7.99. The van der Waals surface area contributed by atoms with Crippen LogP contribution in [0.3, 0.4) is 0 Å². The lowest BCUT2D eigenvalue weighted by Gasteiger charge is -2.33. The van der Waals surface area contributed by atoms with Crippen molar-refractivity contribution in [1.82, 2.24) is 19.8 Å². The molecular weight excluding hydrogens is 492 g/mol. The first kappa shape index (κ1) is 26.7. The van der Waals surface area contributed by atoms with Gasteiger partial charge in [0.15, 0.2) is 5.16 Å². The lowest BCUT2D eigenvalue weighted by Crippen LogP contribution is -2.39. The maximum Gasteiger partial charge on any atom is 0.266 e. The van der Waals surface area contributed by atoms with Crippen molar-refractivity contribution in [2.45, 2.75) is 63.1 Å². The number of nitrogens with one attached hydrogen (secondary N) is 1. The Morgan fingerprint density at radius 2 is 2.00 bits per heavy atom. The van der Waals surface area contributed by atoms with Gasteiger partial charge in [-0.3, -0.25) is 14.2 Å². The number of carbonyl (C=O) groups is 1. The molecule has 0 saturated carbocycles. The van der Waals surface area contributed by atoms with E-state index in [1.807, 2.05) is 30.3 Å². The second-order valence-corrected chi connectivity index (χ2v) is 10.9. The van der Waals surface area contributed by atoms with E-state index < -0.39 is 0 Å². The highest BCUT2D eigenvalue weighted by atomic mass is 35.5. The molecule has 8 heteroatoms. The summed E-state index contributed by atoms with van der Waals surface area (Å²) in [6, 6.07) is 15.3. The molecule has 0 bridgehead atoms. The predicted molar refractivity (Wildman–Crippen MR) is 149 cm³/mol. The molecule has 1 atom stereocenters. The predicted octanol–water partition coefficient (Wildman–Crippen LogP) is 5.68. The highest BCUT2D eigenvalue weighted by Gasteiger charge is 2.17. The topological polar surface area (TPSA) is 67.2 Å². The average Bonchev–Trinajstić information content (AvgIpc) is 2.87. The molecule has 1 aliphatic rings. The second kappa shape index (κ2) is 13.3. The van der Waals surface area contributed by atoms with Crippen molar-refractivity contribution in [2.24, 2.45) is 0 Å². The van der Waals surface area contributed by atoms with E-state index in [0.717, 1.165) is 38.1 Å². The van der Waals surface area contributed by atoms with Gasteiger partial charge in [-0.05, 0) is 75.9 Å². The third-order valence-corrected chi connectivity index (χ3v) is 7.99. The van der Waals surface area contributed by atoms with Gasteiger partial charge in [-0.25, -0.2) is 4.98 Å². The van der Waals surface area contributed by atoms with E-state index in [2.05, 4.69) is 17.1 Å². The van der Waals surface area contributed by atoms with Crippen molar-refractivity contribution in [3.63, 3.8) is 0 Å². The summed E-state index contributed by atoms with van der Waals surface area (Å²) in [7, 11) is 0. The number of unbranched alkanes of at least 4 members (excludes halogenated alkanes) is 1. The SMILES string of the molecule is CC1CCCCN1CCCNC(=O)CCCCSc1nc2ccccc2c(=O)n1-c1cccc(Cl)c1. The number of nitrogens with zero attached hydrogens (tertiary/aromatic N) is 3.